The number of nitrogens with zero attached hydrogens (tertiary/aromatic N) is 1. The van der Waals surface area contributed by atoms with Gasteiger partial charge < -0.3 is 15.2 Å². The van der Waals surface area contributed by atoms with E-state index in [9.17, 15) is 14.4 Å². The molecule has 0 unspecified atom stereocenters. The van der Waals surface area contributed by atoms with Crippen LogP contribution in [0.4, 0.5) is 4.79 Å². The summed E-state index contributed by atoms with van der Waals surface area (Å²) in [7, 11) is 0. The lowest BCUT2D eigenvalue weighted by molar-refractivity contribution is -0.140. The number of rotatable bonds is 6. The monoisotopic (exact) mass is 488 g/mol. The summed E-state index contributed by atoms with van der Waals surface area (Å²) in [6.45, 7) is -0.611. The van der Waals surface area contributed by atoms with E-state index >= 15 is 0 Å². The van der Waals surface area contributed by atoms with Gasteiger partial charge in [-0.05, 0) is 41.5 Å². The van der Waals surface area contributed by atoms with Gasteiger partial charge in [-0.1, -0.05) is 52.5 Å². The molecule has 11 heteroatoms. The van der Waals surface area contributed by atoms with Crippen molar-refractivity contribution in [2.45, 2.75) is 6.61 Å². The Bertz CT molecular complexity index is 1060. The first-order chi connectivity index (χ1) is 14.2. The molecule has 7 nitrogen and oxygen atoms in total. The van der Waals surface area contributed by atoms with E-state index in [0.29, 0.717) is 20.5 Å². The van der Waals surface area contributed by atoms with Crippen molar-refractivity contribution in [1.82, 2.24) is 10.2 Å². The van der Waals surface area contributed by atoms with Crippen molar-refractivity contribution in [1.29, 1.82) is 0 Å². The zero-order valence-corrected chi connectivity index (χ0v) is 17.9. The lowest BCUT2D eigenvalue weighted by Crippen LogP contribution is -2.35. The molecule has 3 rings (SSSR count). The highest BCUT2D eigenvalue weighted by molar-refractivity contribution is 6.42. The molecule has 0 saturated carbocycles. The largest absolute Gasteiger partial charge is 0.486 e. The molecule has 0 radical (unpaired) electrons. The summed E-state index contributed by atoms with van der Waals surface area (Å²) in [6.07, 6.45) is 1.34. The Morgan fingerprint density at radius 1 is 1.03 bits per heavy atom. The average Bonchev–Trinajstić information content (AvgIpc) is 2.91. The minimum atomic E-state index is -1.31. The molecule has 0 aromatic heterocycles. The molecule has 2 aromatic carbocycles. The normalized spacial score (nSPS) is 14.9. The number of carboxylic acid groups (broad SMARTS) is 1. The van der Waals surface area contributed by atoms with Gasteiger partial charge in [-0.15, -0.1) is 0 Å². The highest BCUT2D eigenvalue weighted by atomic mass is 35.5. The molecule has 1 saturated heterocycles. The lowest BCUT2D eigenvalue weighted by Gasteiger charge is -2.12. The van der Waals surface area contributed by atoms with Crippen molar-refractivity contribution < 1.29 is 24.2 Å². The molecule has 1 heterocycles. The van der Waals surface area contributed by atoms with Crippen LogP contribution in [0.1, 0.15) is 11.1 Å². The SMILES string of the molecule is O=C(O)CN1C(=O)N/C(=C/c2cc(Cl)c(OCc3ccc(Cl)c(Cl)c3)c(Cl)c2)C1=O. The fraction of sp³-hybridized carbons (Fsp3) is 0.105. The van der Waals surface area contributed by atoms with E-state index < -0.39 is 24.5 Å². The van der Waals surface area contributed by atoms with Crippen LogP contribution in [0.3, 0.4) is 0 Å². The van der Waals surface area contributed by atoms with Crippen LogP contribution in [0.25, 0.3) is 6.08 Å². The zero-order valence-electron chi connectivity index (χ0n) is 14.9. The first-order valence-electron chi connectivity index (χ1n) is 8.28. The number of aliphatic carboxylic acids is 1. The molecule has 156 valence electrons. The summed E-state index contributed by atoms with van der Waals surface area (Å²) in [5.41, 5.74) is 1.06. The van der Waals surface area contributed by atoms with Gasteiger partial charge in [0.15, 0.2) is 5.75 Å². The maximum absolute atomic E-state index is 12.2. The van der Waals surface area contributed by atoms with E-state index in [-0.39, 0.29) is 28.1 Å². The number of halogens is 4. The molecule has 3 amide bonds. The van der Waals surface area contributed by atoms with Crippen LogP contribution in [-0.4, -0.2) is 34.5 Å². The molecular formula is C19H12Cl4N2O5. The van der Waals surface area contributed by atoms with Crippen molar-refractivity contribution in [2.24, 2.45) is 0 Å². The number of carbonyl (C=O) groups excluding carboxylic acids is 2. The smallest absolute Gasteiger partial charge is 0.329 e. The third-order valence-electron chi connectivity index (χ3n) is 3.95. The number of nitrogens with one attached hydrogen (secondary N) is 1. The molecule has 0 spiro atoms. The lowest BCUT2D eigenvalue weighted by atomic mass is 10.1. The Balaban J connectivity index is 1.78. The molecular weight excluding hydrogens is 478 g/mol. The van der Waals surface area contributed by atoms with Crippen molar-refractivity contribution in [3.05, 3.63) is 67.2 Å². The van der Waals surface area contributed by atoms with Gasteiger partial charge in [-0.2, -0.15) is 0 Å². The van der Waals surface area contributed by atoms with Crippen LogP contribution in [0.15, 0.2) is 36.0 Å². The number of carbonyl (C=O) groups is 3. The number of hydrogen-bond acceptors (Lipinski definition) is 4. The summed E-state index contributed by atoms with van der Waals surface area (Å²) in [6, 6.07) is 7.19. The van der Waals surface area contributed by atoms with Crippen molar-refractivity contribution in [3.8, 4) is 5.75 Å². The van der Waals surface area contributed by atoms with E-state index in [1.54, 1.807) is 18.2 Å². The van der Waals surface area contributed by atoms with Gasteiger partial charge in [0.2, 0.25) is 0 Å². The minimum Gasteiger partial charge on any atom is -0.486 e. The van der Waals surface area contributed by atoms with E-state index in [2.05, 4.69) is 5.32 Å². The van der Waals surface area contributed by atoms with Crippen LogP contribution in [-0.2, 0) is 16.2 Å². The summed E-state index contributed by atoms with van der Waals surface area (Å²) >= 11 is 24.4. The number of urea groups is 1. The van der Waals surface area contributed by atoms with E-state index in [1.165, 1.54) is 18.2 Å². The third kappa shape index (κ3) is 4.99. The van der Waals surface area contributed by atoms with Crippen LogP contribution in [0, 0.1) is 0 Å². The molecule has 1 fully saturated rings. The van der Waals surface area contributed by atoms with Crippen LogP contribution < -0.4 is 10.1 Å². The molecule has 0 bridgehead atoms. The molecule has 2 N–H and O–H groups in total. The van der Waals surface area contributed by atoms with Crippen molar-refractivity contribution in [2.75, 3.05) is 6.54 Å². The zero-order chi connectivity index (χ0) is 22.0. The highest BCUT2D eigenvalue weighted by Gasteiger charge is 2.34. The van der Waals surface area contributed by atoms with Gasteiger partial charge in [0.1, 0.15) is 18.8 Å². The summed E-state index contributed by atoms with van der Waals surface area (Å²) in [4.78, 5) is 35.3. The molecule has 0 aliphatic carbocycles. The first-order valence-corrected chi connectivity index (χ1v) is 9.79. The Morgan fingerprint density at radius 2 is 1.70 bits per heavy atom. The molecule has 1 aliphatic rings. The molecule has 2 aromatic rings. The summed E-state index contributed by atoms with van der Waals surface area (Å²) in [5.74, 6) is -1.86. The van der Waals surface area contributed by atoms with E-state index in [4.69, 9.17) is 56.2 Å². The number of carboxylic acids is 1. The number of benzene rings is 2. The second-order valence-electron chi connectivity index (χ2n) is 6.12. The van der Waals surface area contributed by atoms with Crippen LogP contribution >= 0.6 is 46.4 Å². The number of amides is 3. The van der Waals surface area contributed by atoms with Gasteiger partial charge in [0.05, 0.1) is 20.1 Å². The maximum atomic E-state index is 12.2. The van der Waals surface area contributed by atoms with E-state index in [1.807, 2.05) is 0 Å². The summed E-state index contributed by atoms with van der Waals surface area (Å²) in [5, 5.41) is 12.3. The van der Waals surface area contributed by atoms with Crippen LogP contribution in [0.2, 0.25) is 20.1 Å². The van der Waals surface area contributed by atoms with Gasteiger partial charge in [-0.25, -0.2) is 9.69 Å². The van der Waals surface area contributed by atoms with Crippen molar-refractivity contribution >= 4 is 70.4 Å². The Kier molecular flexibility index (Phi) is 6.77. The fourth-order valence-electron chi connectivity index (χ4n) is 2.60. The highest BCUT2D eigenvalue weighted by Crippen LogP contribution is 2.36. The number of hydrogen-bond donors (Lipinski definition) is 2. The fourth-order valence-corrected chi connectivity index (χ4v) is 3.54. The van der Waals surface area contributed by atoms with Crippen LogP contribution in [0.5, 0.6) is 5.75 Å². The minimum absolute atomic E-state index is 0.0992. The number of ether oxygens (including phenoxy) is 1. The molecule has 30 heavy (non-hydrogen) atoms. The van der Waals surface area contributed by atoms with Gasteiger partial charge in [0, 0.05) is 0 Å². The standard InChI is InChI=1S/C19H12Cl4N2O5/c20-11-2-1-9(3-12(11)21)8-30-17-13(22)4-10(5-14(17)23)6-15-18(28)25(7-16(26)27)19(29)24-15/h1-6H,7-8H2,(H,24,29)(H,26,27)/b15-6+. The Morgan fingerprint density at radius 3 is 2.30 bits per heavy atom. The maximum Gasteiger partial charge on any atom is 0.329 e. The second kappa shape index (κ2) is 9.14. The third-order valence-corrected chi connectivity index (χ3v) is 5.26. The predicted molar refractivity (Wildman–Crippen MR) is 113 cm³/mol. The summed E-state index contributed by atoms with van der Waals surface area (Å²) < 4.78 is 5.68. The number of imide groups is 1. The Hall–Kier alpha value is -2.45. The first kappa shape index (κ1) is 22.2. The van der Waals surface area contributed by atoms with E-state index in [0.717, 1.165) is 5.56 Å². The quantitative estimate of drug-likeness (QED) is 0.446. The van der Waals surface area contributed by atoms with Crippen molar-refractivity contribution in [3.63, 3.8) is 0 Å². The van der Waals surface area contributed by atoms with Gasteiger partial charge >= 0.3 is 12.0 Å². The van der Waals surface area contributed by atoms with Gasteiger partial charge in [0.25, 0.3) is 5.91 Å². The molecule has 0 atom stereocenters. The molecule has 1 aliphatic heterocycles. The van der Waals surface area contributed by atoms with Gasteiger partial charge in [-0.3, -0.25) is 9.59 Å². The average molecular weight is 490 g/mol. The topological polar surface area (TPSA) is 95.9 Å². The Labute approximate surface area is 190 Å². The second-order valence-corrected chi connectivity index (χ2v) is 7.75. The predicted octanol–water partition coefficient (Wildman–Crippen LogP) is 4.86.